The number of halogens is 1. The third-order valence-corrected chi connectivity index (χ3v) is 0.567. The number of hydrogen-bond donors (Lipinski definition) is 0. The van der Waals surface area contributed by atoms with Crippen molar-refractivity contribution in [3.63, 3.8) is 0 Å². The lowest BCUT2D eigenvalue weighted by molar-refractivity contribution is 0.505. The fraction of sp³-hybridized carbons (Fsp3) is 1.00. The van der Waals surface area contributed by atoms with Crippen LogP contribution in [0.25, 0.3) is 0 Å². The maximum Gasteiger partial charge on any atom is 0.0220 e. The van der Waals surface area contributed by atoms with Crippen LogP contribution < -0.4 is 0 Å². The first-order valence-electron chi connectivity index (χ1n) is 3.63. The van der Waals surface area contributed by atoms with Crippen LogP contribution in [0.2, 0.25) is 0 Å². The monoisotopic (exact) mass is 210 g/mol. The van der Waals surface area contributed by atoms with Crippen LogP contribution in [0.4, 0.5) is 0 Å². The predicted molar refractivity (Wildman–Crippen MR) is 65.8 cm³/mol. The standard InChI is InChI=1S/C3H7Cl.C3H9N.C2H6S.B/c1-2-3-4;1-4(2)3;1-3-2;/h2-3H2,1H3;1-3H3;1-2H3;. The lowest BCUT2D eigenvalue weighted by Crippen LogP contribution is -1.99. The van der Waals surface area contributed by atoms with Crippen molar-refractivity contribution in [2.24, 2.45) is 0 Å². The van der Waals surface area contributed by atoms with E-state index < -0.39 is 0 Å². The maximum absolute atomic E-state index is 5.19. The third kappa shape index (κ3) is 359. The Bertz CT molecular complexity index is 43.3. The van der Waals surface area contributed by atoms with Crippen LogP contribution in [0, 0.1) is 0 Å². The van der Waals surface area contributed by atoms with Gasteiger partial charge in [0.1, 0.15) is 0 Å². The molecule has 0 aromatic carbocycles. The molecule has 0 rings (SSSR count). The summed E-state index contributed by atoms with van der Waals surface area (Å²) in [6, 6.07) is 0. The van der Waals surface area contributed by atoms with Gasteiger partial charge < -0.3 is 4.90 Å². The highest BCUT2D eigenvalue weighted by molar-refractivity contribution is 7.97. The number of hydrogen-bond acceptors (Lipinski definition) is 2. The van der Waals surface area contributed by atoms with E-state index in [0.29, 0.717) is 0 Å². The van der Waals surface area contributed by atoms with Gasteiger partial charge in [0.25, 0.3) is 0 Å². The average molecular weight is 211 g/mol. The summed E-state index contributed by atoms with van der Waals surface area (Å²) >= 11 is 6.94. The second-order valence-electron chi connectivity index (χ2n) is 2.44. The molecule has 75 valence electrons. The molecule has 0 saturated heterocycles. The molecule has 0 saturated carbocycles. The van der Waals surface area contributed by atoms with Crippen molar-refractivity contribution in [2.45, 2.75) is 13.3 Å². The van der Waals surface area contributed by atoms with Gasteiger partial charge in [-0.2, -0.15) is 11.8 Å². The van der Waals surface area contributed by atoms with E-state index in [0.717, 1.165) is 12.3 Å². The van der Waals surface area contributed by atoms with Crippen molar-refractivity contribution in [1.29, 1.82) is 0 Å². The van der Waals surface area contributed by atoms with Crippen molar-refractivity contribution in [2.75, 3.05) is 39.5 Å². The lowest BCUT2D eigenvalue weighted by Gasteiger charge is -1.90. The van der Waals surface area contributed by atoms with E-state index in [2.05, 4.69) is 0 Å². The Kier molecular flexibility index (Phi) is 57.1. The van der Waals surface area contributed by atoms with Gasteiger partial charge in [-0.3, -0.25) is 0 Å². The largest absolute Gasteiger partial charge is 0.312 e. The van der Waals surface area contributed by atoms with Crippen molar-refractivity contribution in [3.8, 4) is 0 Å². The Morgan fingerprint density at radius 3 is 1.25 bits per heavy atom. The molecule has 0 aliphatic carbocycles. The minimum Gasteiger partial charge on any atom is -0.312 e. The Labute approximate surface area is 89.8 Å². The molecule has 0 amide bonds. The summed E-state index contributed by atoms with van der Waals surface area (Å²) in [5.74, 6) is 0.792. The lowest BCUT2D eigenvalue weighted by atomic mass is 10.6. The highest BCUT2D eigenvalue weighted by Gasteiger charge is 1.59. The van der Waals surface area contributed by atoms with Gasteiger partial charge in [-0.25, -0.2) is 0 Å². The molecule has 0 aliphatic heterocycles. The normalized spacial score (nSPS) is 7.00. The highest BCUT2D eigenvalue weighted by Crippen LogP contribution is 1.75. The van der Waals surface area contributed by atoms with Crippen LogP contribution in [0.1, 0.15) is 13.3 Å². The van der Waals surface area contributed by atoms with Crippen LogP contribution in [0.5, 0.6) is 0 Å². The number of rotatable bonds is 1. The zero-order chi connectivity index (χ0) is 9.70. The Morgan fingerprint density at radius 1 is 1.17 bits per heavy atom. The molecule has 0 unspecified atom stereocenters. The van der Waals surface area contributed by atoms with Gasteiger partial charge >= 0.3 is 0 Å². The molecule has 0 fully saturated rings. The summed E-state index contributed by atoms with van der Waals surface area (Å²) in [7, 11) is 6.00. The molecule has 0 aliphatic rings. The Morgan fingerprint density at radius 2 is 1.25 bits per heavy atom. The SMILES string of the molecule is CCCCl.CN(C)C.CSC.[B]. The van der Waals surface area contributed by atoms with E-state index in [1.54, 1.807) is 11.8 Å². The highest BCUT2D eigenvalue weighted by atomic mass is 35.5. The number of alkyl halides is 1. The van der Waals surface area contributed by atoms with Gasteiger partial charge in [-0.05, 0) is 40.1 Å². The Hall–Kier alpha value is 0.665. The molecule has 0 atom stereocenters. The molecule has 12 heavy (non-hydrogen) atoms. The van der Waals surface area contributed by atoms with E-state index in [1.807, 2.05) is 45.5 Å². The van der Waals surface area contributed by atoms with Crippen LogP contribution in [0.3, 0.4) is 0 Å². The fourth-order valence-corrected chi connectivity index (χ4v) is 0. The zero-order valence-electron chi connectivity index (χ0n) is 9.22. The first kappa shape index (κ1) is 23.0. The molecule has 1 nitrogen and oxygen atoms in total. The summed E-state index contributed by atoms with van der Waals surface area (Å²) in [6.45, 7) is 2.05. The zero-order valence-corrected chi connectivity index (χ0v) is 10.8. The van der Waals surface area contributed by atoms with E-state index >= 15 is 0 Å². The van der Waals surface area contributed by atoms with Crippen molar-refractivity contribution in [1.82, 2.24) is 4.90 Å². The van der Waals surface area contributed by atoms with Crippen LogP contribution in [-0.2, 0) is 0 Å². The second kappa shape index (κ2) is 29.9. The first-order chi connectivity index (χ1) is 5.06. The number of thioether (sulfide) groups is 1. The van der Waals surface area contributed by atoms with E-state index in [4.69, 9.17) is 11.6 Å². The molecule has 0 spiro atoms. The molecule has 0 bridgehead atoms. The first-order valence-corrected chi connectivity index (χ1v) is 5.80. The summed E-state index contributed by atoms with van der Waals surface area (Å²) in [5, 5.41) is 0. The minimum atomic E-state index is 0. The van der Waals surface area contributed by atoms with Gasteiger partial charge in [-0.1, -0.05) is 6.92 Å². The van der Waals surface area contributed by atoms with Gasteiger partial charge in [0, 0.05) is 14.3 Å². The van der Waals surface area contributed by atoms with Gasteiger partial charge in [0.05, 0.1) is 0 Å². The van der Waals surface area contributed by atoms with Crippen molar-refractivity contribution in [3.05, 3.63) is 0 Å². The molecule has 0 aromatic heterocycles. The van der Waals surface area contributed by atoms with E-state index in [-0.39, 0.29) is 8.41 Å². The van der Waals surface area contributed by atoms with Crippen molar-refractivity contribution >= 4 is 31.8 Å². The molecule has 0 N–H and O–H groups in total. The molecular formula is C8H22BClNS. The topological polar surface area (TPSA) is 3.24 Å². The quantitative estimate of drug-likeness (QED) is 0.483. The average Bonchev–Trinajstić information content (AvgIpc) is 1.88. The van der Waals surface area contributed by atoms with Gasteiger partial charge in [-0.15, -0.1) is 11.6 Å². The van der Waals surface area contributed by atoms with E-state index in [1.165, 1.54) is 0 Å². The van der Waals surface area contributed by atoms with Gasteiger partial charge in [0.15, 0.2) is 0 Å². The second-order valence-corrected chi connectivity index (χ2v) is 3.63. The van der Waals surface area contributed by atoms with E-state index in [9.17, 15) is 0 Å². The van der Waals surface area contributed by atoms with Crippen molar-refractivity contribution < 1.29 is 0 Å². The molecule has 0 aromatic rings. The predicted octanol–water partition coefficient (Wildman–Crippen LogP) is 2.41. The minimum absolute atomic E-state index is 0. The summed E-state index contributed by atoms with van der Waals surface area (Å²) in [4.78, 5) is 2.00. The fourth-order valence-electron chi connectivity index (χ4n) is 0. The molecule has 0 heterocycles. The third-order valence-electron chi connectivity index (χ3n) is 0.189. The molecule has 4 heteroatoms. The summed E-state index contributed by atoms with van der Waals surface area (Å²) < 4.78 is 0. The van der Waals surface area contributed by atoms with Gasteiger partial charge in [0.2, 0.25) is 0 Å². The summed E-state index contributed by atoms with van der Waals surface area (Å²) in [6.07, 6.45) is 5.17. The molecular weight excluding hydrogens is 188 g/mol. The molecule has 3 radical (unpaired) electrons. The van der Waals surface area contributed by atoms with Crippen LogP contribution >= 0.6 is 23.4 Å². The van der Waals surface area contributed by atoms with Crippen LogP contribution in [0.15, 0.2) is 0 Å². The maximum atomic E-state index is 5.19. The summed E-state index contributed by atoms with van der Waals surface area (Å²) in [5.41, 5.74) is 0. The Balaban J connectivity index is -0.0000000389. The number of nitrogens with zero attached hydrogens (tertiary/aromatic N) is 1. The smallest absolute Gasteiger partial charge is 0.0220 e. The van der Waals surface area contributed by atoms with Crippen LogP contribution in [-0.4, -0.2) is 52.8 Å².